The summed E-state index contributed by atoms with van der Waals surface area (Å²) in [7, 11) is 1.78. The van der Waals surface area contributed by atoms with Gasteiger partial charge in [0, 0.05) is 5.92 Å². The van der Waals surface area contributed by atoms with Crippen molar-refractivity contribution in [3.63, 3.8) is 0 Å². The number of urea groups is 1. The van der Waals surface area contributed by atoms with Crippen LogP contribution in [0.1, 0.15) is 13.8 Å². The highest BCUT2D eigenvalue weighted by Crippen LogP contribution is 2.16. The van der Waals surface area contributed by atoms with Crippen molar-refractivity contribution in [1.82, 2.24) is 5.32 Å². The molecule has 5 heteroatoms. The molecule has 5 nitrogen and oxygen atoms in total. The van der Waals surface area contributed by atoms with Crippen LogP contribution in [0.25, 0.3) is 0 Å². The van der Waals surface area contributed by atoms with Crippen molar-refractivity contribution < 1.29 is 19.2 Å². The van der Waals surface area contributed by atoms with Crippen LogP contribution in [0, 0.1) is 5.92 Å². The zero-order valence-corrected chi connectivity index (χ0v) is 8.78. The summed E-state index contributed by atoms with van der Waals surface area (Å²) in [5.74, 6) is -0.581. The molecule has 0 radical (unpaired) electrons. The number of rotatable bonds is 3. The number of amides is 2. The monoisotopic (exact) mass is 201 g/mol. The minimum Gasteiger partial charge on any atom is -0.480 e. The number of hydrogen-bond acceptors (Lipinski definition) is 2. The summed E-state index contributed by atoms with van der Waals surface area (Å²) in [4.78, 5) is 22.2. The molecule has 0 aromatic carbocycles. The number of likely N-dealkylation sites (N-methyl/N-ethyl adjacent to an activating group) is 1. The third-order valence-corrected chi connectivity index (χ3v) is 2.44. The van der Waals surface area contributed by atoms with Crippen LogP contribution in [-0.2, 0) is 4.79 Å². The molecule has 1 saturated heterocycles. The van der Waals surface area contributed by atoms with E-state index in [1.165, 1.54) is 0 Å². The fourth-order valence-electron chi connectivity index (χ4n) is 1.94. The maximum absolute atomic E-state index is 11.5. The average Bonchev–Trinajstić information content (AvgIpc) is 2.26. The molecule has 0 saturated carbocycles. The standard InChI is InChI=1S/C9H16N2O3/c1-6(2)4-11(3)5-7(8(12)13)10-9(11)14/h6-7H,4-5H2,1-3H3,(H-,10,12,13,14)/p+1. The lowest BCUT2D eigenvalue weighted by atomic mass is 10.2. The van der Waals surface area contributed by atoms with Crippen LogP contribution >= 0.6 is 0 Å². The third-order valence-electron chi connectivity index (χ3n) is 2.44. The summed E-state index contributed by atoms with van der Waals surface area (Å²) in [6.45, 7) is 5.05. The van der Waals surface area contributed by atoms with E-state index in [2.05, 4.69) is 5.32 Å². The molecule has 1 fully saturated rings. The highest BCUT2D eigenvalue weighted by Gasteiger charge is 2.46. The van der Waals surface area contributed by atoms with Crippen molar-refractivity contribution in [2.24, 2.45) is 5.92 Å². The fraction of sp³-hybridized carbons (Fsp3) is 0.778. The largest absolute Gasteiger partial charge is 0.480 e. The van der Waals surface area contributed by atoms with Gasteiger partial charge in [0.05, 0.1) is 13.6 Å². The van der Waals surface area contributed by atoms with E-state index in [0.717, 1.165) is 0 Å². The lowest BCUT2D eigenvalue weighted by Gasteiger charge is -2.26. The van der Waals surface area contributed by atoms with E-state index in [9.17, 15) is 9.59 Å². The first kappa shape index (κ1) is 11.0. The SMILES string of the molecule is CC(C)C[N+]1(C)CC(C(=O)O)NC1=O. The zero-order chi connectivity index (χ0) is 10.9. The van der Waals surface area contributed by atoms with Gasteiger partial charge < -0.3 is 5.11 Å². The van der Waals surface area contributed by atoms with Crippen LogP contribution in [0.15, 0.2) is 0 Å². The molecule has 0 bridgehead atoms. The Bertz CT molecular complexity index is 265. The number of carboxylic acid groups (broad SMARTS) is 1. The van der Waals surface area contributed by atoms with E-state index in [0.29, 0.717) is 19.0 Å². The first-order chi connectivity index (χ1) is 6.35. The minimum absolute atomic E-state index is 0.175. The predicted molar refractivity (Wildman–Crippen MR) is 50.7 cm³/mol. The van der Waals surface area contributed by atoms with Gasteiger partial charge in [0.15, 0.2) is 6.04 Å². The molecule has 0 spiro atoms. The molecule has 2 unspecified atom stereocenters. The van der Waals surface area contributed by atoms with Crippen molar-refractivity contribution >= 4 is 12.0 Å². The quantitative estimate of drug-likeness (QED) is 0.644. The van der Waals surface area contributed by atoms with Crippen LogP contribution < -0.4 is 5.32 Å². The second kappa shape index (κ2) is 3.57. The third kappa shape index (κ3) is 2.04. The van der Waals surface area contributed by atoms with Crippen LogP contribution in [0.2, 0.25) is 0 Å². The Kier molecular flexibility index (Phi) is 2.80. The second-order valence-electron chi connectivity index (χ2n) is 4.50. The van der Waals surface area contributed by atoms with E-state index in [1.54, 1.807) is 7.05 Å². The molecular weight excluding hydrogens is 184 g/mol. The van der Waals surface area contributed by atoms with E-state index in [4.69, 9.17) is 5.11 Å². The Hall–Kier alpha value is -1.10. The molecule has 1 aliphatic rings. The lowest BCUT2D eigenvalue weighted by Crippen LogP contribution is -2.49. The predicted octanol–water partition coefficient (Wildman–Crippen LogP) is 0.265. The Labute approximate surface area is 83.3 Å². The summed E-state index contributed by atoms with van der Waals surface area (Å²) < 4.78 is 0.175. The van der Waals surface area contributed by atoms with Crippen molar-refractivity contribution in [2.45, 2.75) is 19.9 Å². The van der Waals surface area contributed by atoms with Crippen molar-refractivity contribution in [2.75, 3.05) is 20.1 Å². The molecule has 14 heavy (non-hydrogen) atoms. The Balaban J connectivity index is 2.72. The molecule has 1 aliphatic heterocycles. The zero-order valence-electron chi connectivity index (χ0n) is 8.78. The summed E-state index contributed by atoms with van der Waals surface area (Å²) in [6.07, 6.45) is 0. The first-order valence-corrected chi connectivity index (χ1v) is 4.73. The van der Waals surface area contributed by atoms with Gasteiger partial charge in [-0.1, -0.05) is 13.8 Å². The fourth-order valence-corrected chi connectivity index (χ4v) is 1.94. The molecule has 2 amide bonds. The van der Waals surface area contributed by atoms with Crippen molar-refractivity contribution in [1.29, 1.82) is 0 Å². The number of carbonyl (C=O) groups excluding carboxylic acids is 1. The van der Waals surface area contributed by atoms with E-state index < -0.39 is 12.0 Å². The van der Waals surface area contributed by atoms with Gasteiger partial charge in [-0.2, -0.15) is 0 Å². The maximum Gasteiger partial charge on any atom is 0.417 e. The number of nitrogens with zero attached hydrogens (tertiary/aromatic N) is 1. The molecule has 2 atom stereocenters. The maximum atomic E-state index is 11.5. The summed E-state index contributed by atoms with van der Waals surface area (Å²) in [6, 6.07) is -0.919. The molecule has 1 rings (SSSR count). The van der Waals surface area contributed by atoms with Gasteiger partial charge in [-0.05, 0) is 0 Å². The van der Waals surface area contributed by atoms with Gasteiger partial charge in [0.25, 0.3) is 0 Å². The highest BCUT2D eigenvalue weighted by atomic mass is 16.4. The number of carbonyl (C=O) groups is 2. The Morgan fingerprint density at radius 2 is 2.29 bits per heavy atom. The van der Waals surface area contributed by atoms with Crippen molar-refractivity contribution in [3.8, 4) is 0 Å². The number of nitrogens with one attached hydrogen (secondary N) is 1. The molecule has 0 aromatic heterocycles. The van der Waals surface area contributed by atoms with E-state index in [1.807, 2.05) is 13.8 Å². The number of hydrogen-bond donors (Lipinski definition) is 2. The van der Waals surface area contributed by atoms with E-state index >= 15 is 0 Å². The molecule has 2 N–H and O–H groups in total. The van der Waals surface area contributed by atoms with Gasteiger partial charge >= 0.3 is 12.0 Å². The molecule has 0 aromatic rings. The van der Waals surface area contributed by atoms with Gasteiger partial charge in [0.2, 0.25) is 0 Å². The first-order valence-electron chi connectivity index (χ1n) is 4.73. The number of aliphatic carboxylic acids is 1. The highest BCUT2D eigenvalue weighted by molar-refractivity contribution is 5.82. The van der Waals surface area contributed by atoms with Crippen LogP contribution in [0.5, 0.6) is 0 Å². The van der Waals surface area contributed by atoms with Crippen LogP contribution in [0.4, 0.5) is 4.79 Å². The lowest BCUT2D eigenvalue weighted by molar-refractivity contribution is -0.824. The summed E-state index contributed by atoms with van der Waals surface area (Å²) in [5.41, 5.74) is 0. The smallest absolute Gasteiger partial charge is 0.417 e. The van der Waals surface area contributed by atoms with Crippen LogP contribution in [0.3, 0.4) is 0 Å². The van der Waals surface area contributed by atoms with Gasteiger partial charge in [0.1, 0.15) is 6.54 Å². The van der Waals surface area contributed by atoms with Crippen molar-refractivity contribution in [3.05, 3.63) is 0 Å². The van der Waals surface area contributed by atoms with Gasteiger partial charge in [-0.25, -0.2) is 14.1 Å². The average molecular weight is 201 g/mol. The normalized spacial score (nSPS) is 32.0. The molecule has 0 aliphatic carbocycles. The van der Waals surface area contributed by atoms with E-state index in [-0.39, 0.29) is 10.5 Å². The van der Waals surface area contributed by atoms with Crippen LogP contribution in [-0.4, -0.2) is 47.8 Å². The number of quaternary nitrogens is 1. The summed E-state index contributed by atoms with van der Waals surface area (Å²) >= 11 is 0. The molecular formula is C9H17N2O3+. The topological polar surface area (TPSA) is 66.4 Å². The van der Waals surface area contributed by atoms with Gasteiger partial charge in [-0.3, -0.25) is 5.32 Å². The molecule has 1 heterocycles. The number of carboxylic acids is 1. The minimum atomic E-state index is -0.955. The Morgan fingerprint density at radius 1 is 1.71 bits per heavy atom. The second-order valence-corrected chi connectivity index (χ2v) is 4.50. The molecule has 80 valence electrons. The van der Waals surface area contributed by atoms with Gasteiger partial charge in [-0.15, -0.1) is 0 Å². The Morgan fingerprint density at radius 3 is 2.64 bits per heavy atom. The summed E-state index contributed by atoms with van der Waals surface area (Å²) in [5, 5.41) is 11.3.